The van der Waals surface area contributed by atoms with Gasteiger partial charge in [-0.25, -0.2) is 13.8 Å². The number of aromatic nitrogens is 4. The number of fused-ring (bicyclic) bond motifs is 1. The number of methoxy groups -OCH3 is 1. The quantitative estimate of drug-likeness (QED) is 0.557. The molecular formula is C24H24FN5O3. The van der Waals surface area contributed by atoms with Gasteiger partial charge in [0.05, 0.1) is 36.3 Å². The number of anilines is 1. The number of halogens is 1. The zero-order valence-electron chi connectivity index (χ0n) is 19.1. The van der Waals surface area contributed by atoms with Crippen molar-refractivity contribution in [2.24, 2.45) is 0 Å². The summed E-state index contributed by atoms with van der Waals surface area (Å²) in [4.78, 5) is 27.1. The van der Waals surface area contributed by atoms with Crippen LogP contribution in [0.5, 0.6) is 5.75 Å². The van der Waals surface area contributed by atoms with E-state index < -0.39 is 16.7 Å². The Morgan fingerprint density at radius 2 is 1.91 bits per heavy atom. The summed E-state index contributed by atoms with van der Waals surface area (Å²) in [5.74, 6) is -0.797. The first-order valence-corrected chi connectivity index (χ1v) is 10.3. The molecular weight excluding hydrogens is 425 g/mol. The molecule has 0 radical (unpaired) electrons. The fourth-order valence-electron chi connectivity index (χ4n) is 4.15. The Labute approximate surface area is 190 Å². The molecule has 0 spiro atoms. The molecule has 0 bridgehead atoms. The van der Waals surface area contributed by atoms with Crippen molar-refractivity contribution in [1.29, 1.82) is 0 Å². The van der Waals surface area contributed by atoms with E-state index in [1.54, 1.807) is 56.1 Å². The second-order valence-corrected chi connectivity index (χ2v) is 8.27. The smallest absolute Gasteiger partial charge is 0.251 e. The average Bonchev–Trinajstić information content (AvgIpc) is 3.33. The van der Waals surface area contributed by atoms with E-state index in [1.165, 1.54) is 29.0 Å². The molecule has 1 aliphatic rings. The number of nitrogens with zero attached hydrogens (tertiary/aromatic N) is 5. The van der Waals surface area contributed by atoms with Gasteiger partial charge in [-0.3, -0.25) is 9.59 Å². The van der Waals surface area contributed by atoms with Gasteiger partial charge in [-0.05, 0) is 45.0 Å². The summed E-state index contributed by atoms with van der Waals surface area (Å²) >= 11 is 0. The zero-order chi connectivity index (χ0) is 24.1. The number of hydrogen-bond acceptors (Lipinski definition) is 5. The number of rotatable bonds is 5. The summed E-state index contributed by atoms with van der Waals surface area (Å²) in [7, 11) is 2.98. The minimum atomic E-state index is -1.04. The van der Waals surface area contributed by atoms with Crippen LogP contribution in [-0.2, 0) is 10.2 Å². The lowest BCUT2D eigenvalue weighted by Gasteiger charge is -2.18. The highest BCUT2D eigenvalue weighted by Crippen LogP contribution is 2.43. The van der Waals surface area contributed by atoms with Crippen molar-refractivity contribution in [3.8, 4) is 22.8 Å². The molecule has 0 saturated heterocycles. The van der Waals surface area contributed by atoms with Crippen LogP contribution in [0.15, 0.2) is 54.1 Å². The lowest BCUT2D eigenvalue weighted by Crippen LogP contribution is -2.33. The molecule has 0 atom stereocenters. The number of ether oxygens (including phenoxy) is 1. The molecule has 1 aliphatic heterocycles. The monoisotopic (exact) mass is 449 g/mol. The second-order valence-electron chi connectivity index (χ2n) is 8.27. The number of allylic oxidation sites excluding steroid dienone is 3. The van der Waals surface area contributed by atoms with Crippen LogP contribution < -0.4 is 15.1 Å². The first kappa shape index (κ1) is 22.2. The first-order valence-electron chi connectivity index (χ1n) is 10.3. The maximum atomic E-state index is 15.8. The van der Waals surface area contributed by atoms with Crippen molar-refractivity contribution in [2.75, 3.05) is 19.1 Å². The van der Waals surface area contributed by atoms with Crippen LogP contribution in [0.1, 0.15) is 26.3 Å². The van der Waals surface area contributed by atoms with E-state index in [2.05, 4.69) is 16.8 Å². The Hall–Kier alpha value is -4.01. The third-order valence-corrected chi connectivity index (χ3v) is 5.86. The van der Waals surface area contributed by atoms with Crippen LogP contribution >= 0.6 is 0 Å². The molecule has 9 heteroatoms. The van der Waals surface area contributed by atoms with Gasteiger partial charge in [0.1, 0.15) is 5.69 Å². The van der Waals surface area contributed by atoms with Gasteiger partial charge in [0.15, 0.2) is 17.3 Å². The van der Waals surface area contributed by atoms with E-state index in [0.717, 1.165) is 0 Å². The molecule has 0 fully saturated rings. The summed E-state index contributed by atoms with van der Waals surface area (Å²) in [5.41, 5.74) is 0.545. The number of carbonyl (C=O) groups excluding carboxylic acids is 1. The third kappa shape index (κ3) is 3.27. The van der Waals surface area contributed by atoms with E-state index >= 15 is 4.39 Å². The Morgan fingerprint density at radius 1 is 1.21 bits per heavy atom. The molecule has 0 N–H and O–H groups in total. The lowest BCUT2D eigenvalue weighted by molar-refractivity contribution is -0.121. The van der Waals surface area contributed by atoms with E-state index in [9.17, 15) is 9.59 Å². The molecule has 8 nitrogen and oxygen atoms in total. The summed E-state index contributed by atoms with van der Waals surface area (Å²) in [6.07, 6.45) is 6.22. The average molecular weight is 449 g/mol. The van der Waals surface area contributed by atoms with Crippen LogP contribution in [0.4, 0.5) is 10.1 Å². The topological polar surface area (TPSA) is 82.2 Å². The minimum absolute atomic E-state index is 0.00884. The molecule has 1 aromatic carbocycles. The van der Waals surface area contributed by atoms with E-state index in [-0.39, 0.29) is 28.6 Å². The Bertz CT molecular complexity index is 1380. The molecule has 33 heavy (non-hydrogen) atoms. The van der Waals surface area contributed by atoms with Crippen LogP contribution in [0, 0.1) is 5.82 Å². The van der Waals surface area contributed by atoms with Gasteiger partial charge >= 0.3 is 0 Å². The predicted octanol–water partition coefficient (Wildman–Crippen LogP) is 3.54. The number of amides is 1. The van der Waals surface area contributed by atoms with Crippen molar-refractivity contribution in [3.05, 3.63) is 70.9 Å². The summed E-state index contributed by atoms with van der Waals surface area (Å²) < 4.78 is 23.9. The molecule has 2 aromatic heterocycles. The summed E-state index contributed by atoms with van der Waals surface area (Å²) in [6.45, 7) is 8.86. The largest absolute Gasteiger partial charge is 0.491 e. The van der Waals surface area contributed by atoms with Crippen molar-refractivity contribution in [1.82, 2.24) is 19.6 Å². The zero-order valence-corrected chi connectivity index (χ0v) is 19.1. The highest BCUT2D eigenvalue weighted by molar-refractivity contribution is 6.07. The highest BCUT2D eigenvalue weighted by atomic mass is 19.1. The highest BCUT2D eigenvalue weighted by Gasteiger charge is 2.45. The van der Waals surface area contributed by atoms with Gasteiger partial charge in [0.2, 0.25) is 5.91 Å². The van der Waals surface area contributed by atoms with Crippen LogP contribution in [0.2, 0.25) is 0 Å². The van der Waals surface area contributed by atoms with Gasteiger partial charge in [-0.1, -0.05) is 12.7 Å². The third-order valence-electron chi connectivity index (χ3n) is 5.86. The van der Waals surface area contributed by atoms with Crippen molar-refractivity contribution < 1.29 is 13.9 Å². The van der Waals surface area contributed by atoms with Gasteiger partial charge in [-0.15, -0.1) is 0 Å². The van der Waals surface area contributed by atoms with E-state index in [1.807, 2.05) is 6.92 Å². The van der Waals surface area contributed by atoms with Crippen LogP contribution in [-0.4, -0.2) is 39.6 Å². The number of benzene rings is 1. The Kier molecular flexibility index (Phi) is 5.27. The molecule has 0 saturated carbocycles. The fourth-order valence-corrected chi connectivity index (χ4v) is 4.15. The number of carbonyl (C=O) groups is 1. The standard InChI is InChI=1S/C24H24FN5O3/c1-7-8-14(2)30-17(11-12-26-30)21-22(31)18(33-6)13-29(27-21)16-10-9-15-19(20(16)25)24(3,4)23(32)28(15)5/h7-13H,1H2,2-6H3/b14-8+. The SMILES string of the molecule is C=C/C=C(\C)n1nccc1-c1nn(-c2ccc3c(c2F)C(C)(C)C(=O)N3C)cc(OC)c1=O. The van der Waals surface area contributed by atoms with Crippen LogP contribution in [0.3, 0.4) is 0 Å². The van der Waals surface area contributed by atoms with Gasteiger partial charge in [0.25, 0.3) is 5.43 Å². The van der Waals surface area contributed by atoms with Gasteiger partial charge in [-0.2, -0.15) is 10.2 Å². The van der Waals surface area contributed by atoms with Crippen molar-refractivity contribution in [3.63, 3.8) is 0 Å². The molecule has 3 heterocycles. The summed E-state index contributed by atoms with van der Waals surface area (Å²) in [5, 5.41) is 8.71. The lowest BCUT2D eigenvalue weighted by atomic mass is 9.85. The van der Waals surface area contributed by atoms with Crippen LogP contribution in [0.25, 0.3) is 22.8 Å². The van der Waals surface area contributed by atoms with Crippen molar-refractivity contribution in [2.45, 2.75) is 26.2 Å². The molecule has 0 unspecified atom stereocenters. The molecule has 170 valence electrons. The normalized spacial score (nSPS) is 15.0. The minimum Gasteiger partial charge on any atom is -0.491 e. The molecule has 4 rings (SSSR count). The van der Waals surface area contributed by atoms with E-state index in [4.69, 9.17) is 4.74 Å². The number of likely N-dealkylation sites (N-methyl/N-ethyl adjacent to an activating group) is 1. The van der Waals surface area contributed by atoms with Gasteiger partial charge in [0, 0.05) is 18.3 Å². The first-order chi connectivity index (χ1) is 15.6. The van der Waals surface area contributed by atoms with E-state index in [0.29, 0.717) is 17.1 Å². The maximum absolute atomic E-state index is 15.8. The molecule has 3 aromatic rings. The Balaban J connectivity index is 1.97. The Morgan fingerprint density at radius 3 is 2.58 bits per heavy atom. The molecule has 1 amide bonds. The maximum Gasteiger partial charge on any atom is 0.251 e. The second kappa shape index (κ2) is 7.84. The number of hydrogen-bond donors (Lipinski definition) is 0. The van der Waals surface area contributed by atoms with Crippen molar-refractivity contribution >= 4 is 17.3 Å². The summed E-state index contributed by atoms with van der Waals surface area (Å²) in [6, 6.07) is 4.84. The fraction of sp³-hybridized carbons (Fsp3) is 0.250. The van der Waals surface area contributed by atoms with Gasteiger partial charge < -0.3 is 9.64 Å². The molecule has 0 aliphatic carbocycles. The predicted molar refractivity (Wildman–Crippen MR) is 124 cm³/mol.